The van der Waals surface area contributed by atoms with E-state index in [1.165, 1.54) is 0 Å². The Bertz CT molecular complexity index is 1910. The highest BCUT2D eigenvalue weighted by Crippen LogP contribution is 2.39. The highest BCUT2D eigenvalue weighted by atomic mass is 127. The Balaban J connectivity index is 1.24. The molecule has 2 saturated heterocycles. The first-order valence-electron chi connectivity index (χ1n) is 19.3. The van der Waals surface area contributed by atoms with E-state index in [0.29, 0.717) is 25.0 Å². The lowest BCUT2D eigenvalue weighted by atomic mass is 10.1. The van der Waals surface area contributed by atoms with Gasteiger partial charge in [0.1, 0.15) is 6.10 Å². The van der Waals surface area contributed by atoms with Gasteiger partial charge in [0.05, 0.1) is 62.9 Å². The van der Waals surface area contributed by atoms with Crippen molar-refractivity contribution in [3.63, 3.8) is 0 Å². The van der Waals surface area contributed by atoms with Gasteiger partial charge in [-0.1, -0.05) is 27.4 Å². The number of likely N-dealkylation sites (tertiary alicyclic amines) is 1. The van der Waals surface area contributed by atoms with Crippen molar-refractivity contribution in [2.75, 3.05) is 26.4 Å². The second kappa shape index (κ2) is 16.1. The Morgan fingerprint density at radius 1 is 1.13 bits per heavy atom. The fourth-order valence-corrected chi connectivity index (χ4v) is 9.13. The lowest BCUT2D eigenvalue weighted by molar-refractivity contribution is -0.0367. The average molecular weight is 859 g/mol. The summed E-state index contributed by atoms with van der Waals surface area (Å²) in [7, 11) is 0.0226. The molecule has 6 heterocycles. The monoisotopic (exact) mass is 858 g/mol. The molecule has 2 aliphatic rings. The predicted molar refractivity (Wildman–Crippen MR) is 221 cm³/mol. The predicted octanol–water partition coefficient (Wildman–Crippen LogP) is 8.70. The van der Waals surface area contributed by atoms with E-state index in [2.05, 4.69) is 92.5 Å². The van der Waals surface area contributed by atoms with E-state index in [4.69, 9.17) is 38.9 Å². The molecule has 4 aromatic rings. The van der Waals surface area contributed by atoms with Gasteiger partial charge in [-0.25, -0.2) is 9.36 Å². The molecule has 14 heteroatoms. The summed E-state index contributed by atoms with van der Waals surface area (Å²) in [4.78, 5) is 7.51. The first kappa shape index (κ1) is 39.9. The van der Waals surface area contributed by atoms with Crippen molar-refractivity contribution in [2.24, 2.45) is 7.05 Å². The van der Waals surface area contributed by atoms with E-state index in [1.54, 1.807) is 0 Å². The van der Waals surface area contributed by atoms with E-state index >= 15 is 0 Å². The molecule has 0 aromatic carbocycles. The van der Waals surface area contributed by atoms with E-state index < -0.39 is 8.32 Å². The van der Waals surface area contributed by atoms with E-state index in [9.17, 15) is 0 Å². The van der Waals surface area contributed by atoms with Crippen LogP contribution in [0, 0.1) is 10.5 Å². The van der Waals surface area contributed by atoms with Gasteiger partial charge in [-0.15, -0.1) is 5.10 Å². The smallest absolute Gasteiger partial charge is 0.246 e. The minimum atomic E-state index is -1.92. The molecule has 0 bridgehead atoms. The maximum atomic E-state index is 6.93. The fraction of sp³-hybridized carbons (Fsp3) is 0.641. The maximum Gasteiger partial charge on any atom is 0.246 e. The second-order valence-electron chi connectivity index (χ2n) is 16.2. The highest BCUT2D eigenvalue weighted by Gasteiger charge is 2.38. The topological polar surface area (TPSA) is 107 Å². The van der Waals surface area contributed by atoms with Gasteiger partial charge in [0.15, 0.2) is 14.5 Å². The van der Waals surface area contributed by atoms with Gasteiger partial charge in [-0.3, -0.25) is 14.6 Å². The van der Waals surface area contributed by atoms with Crippen molar-refractivity contribution in [3.8, 4) is 23.0 Å². The molecule has 4 atom stereocenters. The Labute approximate surface area is 329 Å². The molecule has 6 rings (SSSR count). The van der Waals surface area contributed by atoms with Crippen molar-refractivity contribution < 1.29 is 18.6 Å². The molecule has 53 heavy (non-hydrogen) atoms. The van der Waals surface area contributed by atoms with Crippen LogP contribution in [0.4, 0.5) is 0 Å². The molecule has 4 aromatic heterocycles. The van der Waals surface area contributed by atoms with E-state index in [1.807, 2.05) is 42.5 Å². The standard InChI is InChI=1S/C39H59IN8O4Si/c1-12-29-28-21-30(41-22-32(28)48(43-29)34-18-14-15-20-50-34)35-26(4)42-45(9)38(35)52-27(5)31-17-16-19-46(31)23-33-36(40)37(49-13-2)44-47(33)25(3)24-51-53(10,11)39(6,7)8/h12,21-22,25,27,31,34H,1,13-20,23-24H2,2-11H3/t25-,27?,31+,34?/m0/s1. The lowest BCUT2D eigenvalue weighted by Gasteiger charge is -2.37. The summed E-state index contributed by atoms with van der Waals surface area (Å²) in [6, 6.07) is 2.35. The van der Waals surface area contributed by atoms with E-state index in [-0.39, 0.29) is 29.5 Å². The summed E-state index contributed by atoms with van der Waals surface area (Å²) < 4.78 is 32.7. The number of aromatic nitrogens is 7. The van der Waals surface area contributed by atoms with Crippen LogP contribution in [0.25, 0.3) is 28.2 Å². The van der Waals surface area contributed by atoms with Gasteiger partial charge >= 0.3 is 0 Å². The summed E-state index contributed by atoms with van der Waals surface area (Å²) in [5, 5.41) is 15.8. The van der Waals surface area contributed by atoms with Crippen LogP contribution < -0.4 is 9.47 Å². The van der Waals surface area contributed by atoms with Gasteiger partial charge in [0.25, 0.3) is 0 Å². The number of nitrogens with zero attached hydrogens (tertiary/aromatic N) is 8. The number of pyridine rings is 1. The first-order valence-corrected chi connectivity index (χ1v) is 23.2. The highest BCUT2D eigenvalue weighted by molar-refractivity contribution is 14.1. The van der Waals surface area contributed by atoms with Crippen LogP contribution in [0.5, 0.6) is 11.8 Å². The molecule has 0 N–H and O–H groups in total. The molecule has 0 aliphatic carbocycles. The Kier molecular flexibility index (Phi) is 12.1. The van der Waals surface area contributed by atoms with Crippen molar-refractivity contribution in [3.05, 3.63) is 39.5 Å². The molecule has 0 amide bonds. The van der Waals surface area contributed by atoms with Crippen LogP contribution in [0.1, 0.15) is 103 Å². The van der Waals surface area contributed by atoms with Gasteiger partial charge < -0.3 is 18.6 Å². The largest absolute Gasteiger partial charge is 0.476 e. The Hall–Kier alpha value is -2.79. The van der Waals surface area contributed by atoms with Crippen LogP contribution in [-0.4, -0.2) is 86.1 Å². The number of hydrogen-bond acceptors (Lipinski definition) is 9. The normalized spacial score (nSPS) is 19.9. The van der Waals surface area contributed by atoms with Crippen molar-refractivity contribution >= 4 is 47.9 Å². The summed E-state index contributed by atoms with van der Waals surface area (Å²) in [6.07, 6.45) is 8.79. The van der Waals surface area contributed by atoms with Crippen molar-refractivity contribution in [2.45, 2.75) is 130 Å². The van der Waals surface area contributed by atoms with Gasteiger partial charge in [-0.2, -0.15) is 10.2 Å². The van der Waals surface area contributed by atoms with Gasteiger partial charge in [0.2, 0.25) is 11.8 Å². The number of rotatable bonds is 14. The third-order valence-corrected chi connectivity index (χ3v) is 17.0. The minimum Gasteiger partial charge on any atom is -0.476 e. The van der Waals surface area contributed by atoms with Crippen LogP contribution in [0.3, 0.4) is 0 Å². The second-order valence-corrected chi connectivity index (χ2v) is 22.1. The SMILES string of the molecule is C=Cc1nn(C2CCCCO2)c2cnc(-c3c(C)nn(C)c3OC(C)[C@H]3CCCN3Cc3c(I)c(OCC)nn3[C@@H](C)CO[Si](C)(C)C(C)(C)C)cc12. The zero-order chi connectivity index (χ0) is 38.2. The molecule has 0 radical (unpaired) electrons. The van der Waals surface area contributed by atoms with Crippen molar-refractivity contribution in [1.29, 1.82) is 0 Å². The fourth-order valence-electron chi connectivity index (χ4n) is 7.35. The Morgan fingerprint density at radius 3 is 2.58 bits per heavy atom. The van der Waals surface area contributed by atoms with Crippen molar-refractivity contribution in [1.82, 2.24) is 39.2 Å². The molecule has 2 fully saturated rings. The van der Waals surface area contributed by atoms with E-state index in [0.717, 1.165) is 94.6 Å². The molecule has 0 saturated carbocycles. The first-order chi connectivity index (χ1) is 25.1. The van der Waals surface area contributed by atoms with Crippen LogP contribution in [0.15, 0.2) is 18.8 Å². The zero-order valence-electron chi connectivity index (χ0n) is 33.4. The van der Waals surface area contributed by atoms with Crippen LogP contribution in [-0.2, 0) is 22.8 Å². The number of ether oxygens (including phenoxy) is 3. The molecule has 2 unspecified atom stereocenters. The number of aryl methyl sites for hydroxylation is 2. The molecule has 0 spiro atoms. The third kappa shape index (κ3) is 8.12. The van der Waals surface area contributed by atoms with Gasteiger partial charge in [0, 0.05) is 31.6 Å². The van der Waals surface area contributed by atoms with Gasteiger partial charge in [-0.05, 0) is 119 Å². The zero-order valence-corrected chi connectivity index (χ0v) is 36.6. The number of hydrogen-bond donors (Lipinski definition) is 0. The summed E-state index contributed by atoms with van der Waals surface area (Å²) in [5.41, 5.74) is 5.48. The molecule has 290 valence electrons. The number of halogens is 1. The molecular formula is C39H59IN8O4Si. The quantitative estimate of drug-likeness (QED) is 0.0910. The Morgan fingerprint density at radius 2 is 1.91 bits per heavy atom. The molecular weight excluding hydrogens is 799 g/mol. The van der Waals surface area contributed by atoms with Crippen LogP contribution >= 0.6 is 22.6 Å². The summed E-state index contributed by atoms with van der Waals surface area (Å²) in [5.74, 6) is 1.41. The van der Waals surface area contributed by atoms with Crippen LogP contribution in [0.2, 0.25) is 18.1 Å². The molecule has 12 nitrogen and oxygen atoms in total. The average Bonchev–Trinajstić information content (AvgIpc) is 3.88. The third-order valence-electron chi connectivity index (χ3n) is 11.4. The maximum absolute atomic E-state index is 6.93. The lowest BCUT2D eigenvalue weighted by Crippen LogP contribution is -2.42. The summed E-state index contributed by atoms with van der Waals surface area (Å²) in [6.45, 7) is 27.6. The summed E-state index contributed by atoms with van der Waals surface area (Å²) >= 11 is 2.41. The number of fused-ring (bicyclic) bond motifs is 1. The minimum absolute atomic E-state index is 0.0605. The molecule has 2 aliphatic heterocycles.